The van der Waals surface area contributed by atoms with Crippen molar-refractivity contribution in [3.63, 3.8) is 0 Å². The van der Waals surface area contributed by atoms with E-state index in [1.165, 1.54) is 6.07 Å². The zero-order valence-electron chi connectivity index (χ0n) is 10.7. The molecule has 2 aromatic heterocycles. The molecule has 4 nitrogen and oxygen atoms in total. The van der Waals surface area contributed by atoms with Crippen LogP contribution in [0.15, 0.2) is 23.7 Å². The molecule has 1 aromatic carbocycles. The summed E-state index contributed by atoms with van der Waals surface area (Å²) in [7, 11) is 0. The van der Waals surface area contributed by atoms with E-state index in [9.17, 15) is 4.39 Å². The van der Waals surface area contributed by atoms with Gasteiger partial charge in [0.1, 0.15) is 10.8 Å². The number of nitrogens with zero attached hydrogens (tertiary/aromatic N) is 3. The second kappa shape index (κ2) is 5.28. The normalized spacial score (nSPS) is 12.9. The lowest BCUT2D eigenvalue weighted by atomic mass is 10.2. The van der Waals surface area contributed by atoms with E-state index in [0.29, 0.717) is 20.6 Å². The lowest BCUT2D eigenvalue weighted by molar-refractivity contribution is 0.581. The van der Waals surface area contributed by atoms with Crippen LogP contribution in [0.25, 0.3) is 11.0 Å². The highest BCUT2D eigenvalue weighted by Gasteiger charge is 2.21. The van der Waals surface area contributed by atoms with Crippen molar-refractivity contribution < 1.29 is 4.39 Å². The molecular weight excluding hydrogens is 390 g/mol. The van der Waals surface area contributed by atoms with Crippen molar-refractivity contribution in [1.29, 1.82) is 0 Å². The molecule has 0 aliphatic carbocycles. The summed E-state index contributed by atoms with van der Waals surface area (Å²) in [5.41, 5.74) is 7.46. The maximum Gasteiger partial charge on any atom is 0.201 e. The van der Waals surface area contributed by atoms with Crippen LogP contribution in [-0.4, -0.2) is 14.5 Å². The van der Waals surface area contributed by atoms with Gasteiger partial charge in [-0.1, -0.05) is 6.92 Å². The first-order valence-corrected chi connectivity index (χ1v) is 8.09. The molecule has 2 heterocycles. The molecule has 0 aliphatic heterocycles. The Hall–Kier alpha value is -1.22. The van der Waals surface area contributed by atoms with Gasteiger partial charge in [-0.05, 0) is 35.1 Å². The maximum absolute atomic E-state index is 13.8. The van der Waals surface area contributed by atoms with Crippen molar-refractivity contribution in [2.24, 2.45) is 0 Å². The molecule has 20 heavy (non-hydrogen) atoms. The van der Waals surface area contributed by atoms with Gasteiger partial charge in [-0.15, -0.1) is 11.3 Å². The van der Waals surface area contributed by atoms with Crippen molar-refractivity contribution in [2.75, 3.05) is 5.73 Å². The Kier molecular flexibility index (Phi) is 3.63. The molecule has 7 heteroatoms. The minimum absolute atomic E-state index is 0.0144. The first-order chi connectivity index (χ1) is 9.61. The highest BCUT2D eigenvalue weighted by Crippen LogP contribution is 2.32. The molecule has 0 bridgehead atoms. The van der Waals surface area contributed by atoms with Crippen LogP contribution in [-0.2, 0) is 0 Å². The molecule has 0 aliphatic rings. The zero-order chi connectivity index (χ0) is 14.3. The lowest BCUT2D eigenvalue weighted by Crippen LogP contribution is -2.12. The molecule has 2 N–H and O–H groups in total. The molecule has 3 aromatic rings. The van der Waals surface area contributed by atoms with Crippen molar-refractivity contribution in [2.45, 2.75) is 19.4 Å². The van der Waals surface area contributed by atoms with E-state index < -0.39 is 0 Å². The Labute approximate surface area is 133 Å². The van der Waals surface area contributed by atoms with Gasteiger partial charge in [0.25, 0.3) is 0 Å². The third-order valence-electron chi connectivity index (χ3n) is 3.19. The van der Waals surface area contributed by atoms with Gasteiger partial charge < -0.3 is 10.3 Å². The quantitative estimate of drug-likeness (QED) is 0.678. The van der Waals surface area contributed by atoms with Crippen LogP contribution in [0.1, 0.15) is 24.4 Å². The topological polar surface area (TPSA) is 56.7 Å². The molecule has 3 rings (SSSR count). The van der Waals surface area contributed by atoms with Crippen molar-refractivity contribution in [1.82, 2.24) is 14.5 Å². The minimum Gasteiger partial charge on any atom is -0.369 e. The van der Waals surface area contributed by atoms with Gasteiger partial charge in [0.05, 0.1) is 20.6 Å². The molecule has 1 unspecified atom stereocenters. The van der Waals surface area contributed by atoms with Gasteiger partial charge in [0.2, 0.25) is 5.95 Å². The summed E-state index contributed by atoms with van der Waals surface area (Å²) in [5.74, 6) is 0.136. The number of halogens is 2. The van der Waals surface area contributed by atoms with Crippen LogP contribution in [0, 0.1) is 9.39 Å². The van der Waals surface area contributed by atoms with Gasteiger partial charge in [-0.3, -0.25) is 0 Å². The Morgan fingerprint density at radius 1 is 1.50 bits per heavy atom. The number of hydrogen-bond acceptors (Lipinski definition) is 4. The SMILES string of the molecule is CCC(c1nccs1)n1c(N)nc2cc(I)c(F)cc21. The van der Waals surface area contributed by atoms with Gasteiger partial charge >= 0.3 is 0 Å². The number of nitrogen functional groups attached to an aromatic ring is 1. The summed E-state index contributed by atoms with van der Waals surface area (Å²) in [6.45, 7) is 2.06. The molecule has 0 fully saturated rings. The highest BCUT2D eigenvalue weighted by atomic mass is 127. The molecule has 0 spiro atoms. The third kappa shape index (κ3) is 2.18. The van der Waals surface area contributed by atoms with Crippen LogP contribution in [0.5, 0.6) is 0 Å². The van der Waals surface area contributed by atoms with Crippen molar-refractivity contribution in [3.05, 3.63) is 38.1 Å². The number of imidazole rings is 1. The number of aromatic nitrogens is 3. The number of thiazole rings is 1. The van der Waals surface area contributed by atoms with Crippen LogP contribution in [0.3, 0.4) is 0 Å². The van der Waals surface area contributed by atoms with Crippen molar-refractivity contribution >= 4 is 50.9 Å². The predicted molar refractivity (Wildman–Crippen MR) is 87.4 cm³/mol. The minimum atomic E-state index is -0.256. The average molecular weight is 402 g/mol. The van der Waals surface area contributed by atoms with Crippen LogP contribution in [0.4, 0.5) is 10.3 Å². The van der Waals surface area contributed by atoms with Gasteiger partial charge in [0.15, 0.2) is 0 Å². The van der Waals surface area contributed by atoms with E-state index in [1.54, 1.807) is 23.6 Å². The smallest absolute Gasteiger partial charge is 0.201 e. The van der Waals surface area contributed by atoms with Crippen molar-refractivity contribution in [3.8, 4) is 0 Å². The van der Waals surface area contributed by atoms with E-state index in [4.69, 9.17) is 5.73 Å². The van der Waals surface area contributed by atoms with E-state index in [-0.39, 0.29) is 11.9 Å². The summed E-state index contributed by atoms with van der Waals surface area (Å²) in [6.07, 6.45) is 2.58. The molecule has 0 amide bonds. The van der Waals surface area contributed by atoms with Crippen LogP contribution in [0.2, 0.25) is 0 Å². The monoisotopic (exact) mass is 402 g/mol. The summed E-state index contributed by atoms with van der Waals surface area (Å²) in [4.78, 5) is 8.69. The second-order valence-corrected chi connectivity index (χ2v) is 6.48. The van der Waals surface area contributed by atoms with Crippen LogP contribution >= 0.6 is 33.9 Å². The fourth-order valence-electron chi connectivity index (χ4n) is 2.30. The highest BCUT2D eigenvalue weighted by molar-refractivity contribution is 14.1. The van der Waals surface area contributed by atoms with E-state index >= 15 is 0 Å². The Bertz CT molecular complexity index is 753. The van der Waals surface area contributed by atoms with Crippen LogP contribution < -0.4 is 5.73 Å². The lowest BCUT2D eigenvalue weighted by Gasteiger charge is -2.16. The second-order valence-electron chi connectivity index (χ2n) is 4.39. The summed E-state index contributed by atoms with van der Waals surface area (Å²) in [5, 5.41) is 2.88. The summed E-state index contributed by atoms with van der Waals surface area (Å²) >= 11 is 3.52. The van der Waals surface area contributed by atoms with Gasteiger partial charge in [-0.25, -0.2) is 14.4 Å². The van der Waals surface area contributed by atoms with E-state index in [1.807, 2.05) is 32.5 Å². The fraction of sp³-hybridized carbons (Fsp3) is 0.231. The zero-order valence-corrected chi connectivity index (χ0v) is 13.7. The largest absolute Gasteiger partial charge is 0.369 e. The number of fused-ring (bicyclic) bond motifs is 1. The first kappa shape index (κ1) is 13.7. The van der Waals surface area contributed by atoms with Gasteiger partial charge in [0, 0.05) is 17.6 Å². The molecule has 1 atom stereocenters. The Balaban J connectivity index is 2.24. The standard InChI is InChI=1S/C13H12FIN4S/c1-2-10(12-17-3-4-20-12)19-11-5-7(14)8(15)6-9(11)18-13(19)16/h3-6,10H,2H2,1H3,(H2,16,18). The van der Waals surface area contributed by atoms with E-state index in [0.717, 1.165) is 11.4 Å². The Morgan fingerprint density at radius 2 is 2.30 bits per heavy atom. The summed E-state index contributed by atoms with van der Waals surface area (Å²) < 4.78 is 16.3. The molecule has 104 valence electrons. The average Bonchev–Trinajstić information content (AvgIpc) is 3.02. The third-order valence-corrected chi connectivity index (χ3v) is 4.90. The number of hydrogen-bond donors (Lipinski definition) is 1. The number of anilines is 1. The van der Waals surface area contributed by atoms with Gasteiger partial charge in [-0.2, -0.15) is 0 Å². The maximum atomic E-state index is 13.8. The molecule has 0 radical (unpaired) electrons. The summed E-state index contributed by atoms with van der Waals surface area (Å²) in [6, 6.07) is 3.20. The molecule has 0 saturated heterocycles. The predicted octanol–water partition coefficient (Wildman–Crippen LogP) is 3.82. The molecule has 0 saturated carbocycles. The molecular formula is C13H12FIN4S. The number of rotatable bonds is 3. The number of benzene rings is 1. The van der Waals surface area contributed by atoms with E-state index in [2.05, 4.69) is 16.9 Å². The number of nitrogens with two attached hydrogens (primary N) is 1. The fourth-order valence-corrected chi connectivity index (χ4v) is 3.57. The first-order valence-electron chi connectivity index (χ1n) is 6.13. The Morgan fingerprint density at radius 3 is 2.95 bits per heavy atom.